The Morgan fingerprint density at radius 1 is 1.15 bits per heavy atom. The van der Waals surface area contributed by atoms with Gasteiger partial charge in [0.1, 0.15) is 0 Å². The summed E-state index contributed by atoms with van der Waals surface area (Å²) in [4.78, 5) is 21.6. The van der Waals surface area contributed by atoms with Crippen LogP contribution in [0, 0.1) is 5.41 Å². The van der Waals surface area contributed by atoms with Crippen LogP contribution in [-0.2, 0) is 11.2 Å². The second kappa shape index (κ2) is 8.08. The number of carbonyl (C=O) groups is 1. The molecule has 1 aromatic heterocycles. The Bertz CT molecular complexity index is 589. The van der Waals surface area contributed by atoms with Gasteiger partial charge in [0, 0.05) is 31.4 Å². The zero-order chi connectivity index (χ0) is 17.8. The number of pyridine rings is 1. The molecule has 1 aromatic rings. The molecule has 26 heavy (non-hydrogen) atoms. The molecule has 0 N–H and O–H groups in total. The molecular formula is C22H33N3O. The van der Waals surface area contributed by atoms with Crippen LogP contribution in [0.2, 0.25) is 0 Å². The van der Waals surface area contributed by atoms with Crippen molar-refractivity contribution in [1.82, 2.24) is 14.8 Å². The highest BCUT2D eigenvalue weighted by molar-refractivity contribution is 5.77. The van der Waals surface area contributed by atoms with Crippen molar-refractivity contribution < 1.29 is 4.79 Å². The van der Waals surface area contributed by atoms with E-state index >= 15 is 0 Å². The van der Waals surface area contributed by atoms with E-state index in [1.807, 2.05) is 18.5 Å². The summed E-state index contributed by atoms with van der Waals surface area (Å²) in [5.41, 5.74) is 1.76. The molecule has 0 aromatic carbocycles. The van der Waals surface area contributed by atoms with Gasteiger partial charge in [-0.2, -0.15) is 0 Å². The van der Waals surface area contributed by atoms with Gasteiger partial charge in [-0.1, -0.05) is 18.9 Å². The molecule has 1 aliphatic carbocycles. The van der Waals surface area contributed by atoms with Gasteiger partial charge in [0.05, 0.1) is 0 Å². The molecule has 4 rings (SSSR count). The second-order valence-electron chi connectivity index (χ2n) is 8.77. The lowest BCUT2D eigenvalue weighted by Crippen LogP contribution is -2.54. The van der Waals surface area contributed by atoms with Crippen molar-refractivity contribution in [2.24, 2.45) is 5.41 Å². The topological polar surface area (TPSA) is 36.4 Å². The van der Waals surface area contributed by atoms with Crippen LogP contribution in [0.5, 0.6) is 0 Å². The third kappa shape index (κ3) is 4.11. The summed E-state index contributed by atoms with van der Waals surface area (Å²) >= 11 is 0. The molecule has 0 radical (unpaired) electrons. The predicted octanol–water partition coefficient (Wildman–Crippen LogP) is 3.66. The highest BCUT2D eigenvalue weighted by Gasteiger charge is 2.43. The summed E-state index contributed by atoms with van der Waals surface area (Å²) in [6.45, 7) is 4.65. The van der Waals surface area contributed by atoms with E-state index in [4.69, 9.17) is 0 Å². The number of aryl methyl sites for hydroxylation is 1. The van der Waals surface area contributed by atoms with Gasteiger partial charge >= 0.3 is 0 Å². The van der Waals surface area contributed by atoms with Gasteiger partial charge < -0.3 is 9.80 Å². The Morgan fingerprint density at radius 3 is 2.69 bits per heavy atom. The average molecular weight is 356 g/mol. The van der Waals surface area contributed by atoms with Crippen molar-refractivity contribution in [2.45, 2.75) is 70.3 Å². The number of hydrogen-bond acceptors (Lipinski definition) is 3. The fraction of sp³-hybridized carbons (Fsp3) is 0.727. The minimum absolute atomic E-state index is 0.413. The Kier molecular flexibility index (Phi) is 5.58. The van der Waals surface area contributed by atoms with Gasteiger partial charge in [-0.25, -0.2) is 0 Å². The third-order valence-corrected chi connectivity index (χ3v) is 7.04. The van der Waals surface area contributed by atoms with Crippen LogP contribution in [0.4, 0.5) is 0 Å². The lowest BCUT2D eigenvalue weighted by Gasteiger charge is -2.49. The number of likely N-dealkylation sites (tertiary alicyclic amines) is 2. The minimum atomic E-state index is 0.413. The Labute approximate surface area is 158 Å². The van der Waals surface area contributed by atoms with E-state index in [1.54, 1.807) is 0 Å². The van der Waals surface area contributed by atoms with Gasteiger partial charge in [-0.3, -0.25) is 9.78 Å². The third-order valence-electron chi connectivity index (χ3n) is 7.04. The molecule has 0 bridgehead atoms. The van der Waals surface area contributed by atoms with E-state index < -0.39 is 0 Å². The molecule has 0 atom stereocenters. The molecule has 1 amide bonds. The zero-order valence-corrected chi connectivity index (χ0v) is 16.0. The first kappa shape index (κ1) is 18.0. The van der Waals surface area contributed by atoms with Gasteiger partial charge in [-0.15, -0.1) is 0 Å². The minimum Gasteiger partial charge on any atom is -0.339 e. The molecule has 2 saturated heterocycles. The van der Waals surface area contributed by atoms with Crippen molar-refractivity contribution >= 4 is 5.91 Å². The summed E-state index contributed by atoms with van der Waals surface area (Å²) < 4.78 is 0. The summed E-state index contributed by atoms with van der Waals surface area (Å²) in [6.07, 6.45) is 15.7. The van der Waals surface area contributed by atoms with Crippen molar-refractivity contribution in [2.75, 3.05) is 26.2 Å². The molecular weight excluding hydrogens is 322 g/mol. The Balaban J connectivity index is 1.25. The molecule has 4 heteroatoms. The first-order chi connectivity index (χ1) is 12.7. The largest absolute Gasteiger partial charge is 0.339 e. The summed E-state index contributed by atoms with van der Waals surface area (Å²) in [7, 11) is 0. The van der Waals surface area contributed by atoms with Crippen LogP contribution in [0.3, 0.4) is 0 Å². The highest BCUT2D eigenvalue weighted by atomic mass is 16.2. The molecule has 1 spiro atoms. The van der Waals surface area contributed by atoms with Crippen LogP contribution in [0.25, 0.3) is 0 Å². The predicted molar refractivity (Wildman–Crippen MR) is 104 cm³/mol. The summed E-state index contributed by atoms with van der Waals surface area (Å²) in [5.74, 6) is 0.432. The van der Waals surface area contributed by atoms with Crippen molar-refractivity contribution in [3.8, 4) is 0 Å². The van der Waals surface area contributed by atoms with E-state index in [9.17, 15) is 4.79 Å². The van der Waals surface area contributed by atoms with Crippen molar-refractivity contribution in [1.29, 1.82) is 0 Å². The molecule has 3 fully saturated rings. The lowest BCUT2D eigenvalue weighted by atomic mass is 9.72. The number of rotatable bonds is 5. The summed E-state index contributed by atoms with van der Waals surface area (Å²) in [6, 6.07) is 4.76. The highest BCUT2D eigenvalue weighted by Crippen LogP contribution is 2.42. The molecule has 142 valence electrons. The monoisotopic (exact) mass is 355 g/mol. The van der Waals surface area contributed by atoms with E-state index in [0.29, 0.717) is 17.4 Å². The molecule has 3 heterocycles. The van der Waals surface area contributed by atoms with E-state index in [1.165, 1.54) is 70.1 Å². The zero-order valence-electron chi connectivity index (χ0n) is 16.0. The quantitative estimate of drug-likeness (QED) is 0.809. The number of hydrogen-bond donors (Lipinski definition) is 0. The van der Waals surface area contributed by atoms with Gasteiger partial charge in [0.2, 0.25) is 5.91 Å². The molecule has 1 saturated carbocycles. The van der Waals surface area contributed by atoms with E-state index in [-0.39, 0.29) is 0 Å². The fourth-order valence-electron chi connectivity index (χ4n) is 5.30. The van der Waals surface area contributed by atoms with Crippen LogP contribution >= 0.6 is 0 Å². The van der Waals surface area contributed by atoms with Gasteiger partial charge in [0.25, 0.3) is 0 Å². The fourth-order valence-corrected chi connectivity index (χ4v) is 5.30. The van der Waals surface area contributed by atoms with Crippen LogP contribution in [0.15, 0.2) is 24.5 Å². The van der Waals surface area contributed by atoms with Crippen LogP contribution in [0.1, 0.15) is 63.4 Å². The number of carbonyl (C=O) groups excluding carboxylic acids is 1. The maximum Gasteiger partial charge on any atom is 0.222 e. The number of piperidine rings is 2. The standard InChI is InChI=1S/C22H33N3O/c26-21-9-10-22(18-25(21)20-7-1-2-8-20)11-15-24(16-12-22)14-4-6-19-5-3-13-23-17-19/h3,5,13,17,20H,1-2,4,6-12,14-16,18H2. The summed E-state index contributed by atoms with van der Waals surface area (Å²) in [5, 5.41) is 0. The van der Waals surface area contributed by atoms with Crippen molar-refractivity contribution in [3.63, 3.8) is 0 Å². The second-order valence-corrected chi connectivity index (χ2v) is 8.77. The number of nitrogens with zero attached hydrogens (tertiary/aromatic N) is 3. The van der Waals surface area contributed by atoms with Crippen LogP contribution < -0.4 is 0 Å². The van der Waals surface area contributed by atoms with E-state index in [2.05, 4.69) is 20.9 Å². The smallest absolute Gasteiger partial charge is 0.222 e. The number of amides is 1. The number of aromatic nitrogens is 1. The maximum absolute atomic E-state index is 12.5. The maximum atomic E-state index is 12.5. The average Bonchev–Trinajstić information content (AvgIpc) is 3.21. The van der Waals surface area contributed by atoms with Crippen molar-refractivity contribution in [3.05, 3.63) is 30.1 Å². The Morgan fingerprint density at radius 2 is 1.96 bits per heavy atom. The first-order valence-corrected chi connectivity index (χ1v) is 10.6. The molecule has 4 nitrogen and oxygen atoms in total. The first-order valence-electron chi connectivity index (χ1n) is 10.6. The van der Waals surface area contributed by atoms with E-state index in [0.717, 1.165) is 25.8 Å². The molecule has 0 unspecified atom stereocenters. The Hall–Kier alpha value is -1.42. The van der Waals surface area contributed by atoms with Gasteiger partial charge in [-0.05, 0) is 81.6 Å². The molecule has 3 aliphatic rings. The van der Waals surface area contributed by atoms with Crippen LogP contribution in [-0.4, -0.2) is 52.9 Å². The molecule has 2 aliphatic heterocycles. The lowest BCUT2D eigenvalue weighted by molar-refractivity contribution is -0.142. The van der Waals surface area contributed by atoms with Gasteiger partial charge in [0.15, 0.2) is 0 Å². The normalized spacial score (nSPS) is 24.5. The SMILES string of the molecule is O=C1CCC2(CCN(CCCc3cccnc3)CC2)CN1C1CCCC1.